The normalized spacial score (nSPS) is 11.9. The number of azo groups is 2. The summed E-state index contributed by atoms with van der Waals surface area (Å²) >= 11 is 12.3. The molecule has 0 unspecified atom stereocenters. The van der Waals surface area contributed by atoms with Gasteiger partial charge in [-0.3, -0.25) is 18.9 Å². The third-order valence-electron chi connectivity index (χ3n) is 11.3. The zero-order chi connectivity index (χ0) is 54.9. The Bertz CT molecular complexity index is 3860. The van der Waals surface area contributed by atoms with Crippen molar-refractivity contribution in [1.29, 1.82) is 0 Å². The van der Waals surface area contributed by atoms with E-state index in [1.165, 1.54) is 24.3 Å². The van der Waals surface area contributed by atoms with Crippen molar-refractivity contribution in [3.05, 3.63) is 166 Å². The number of nitrogens with one attached hydrogen (secondary N) is 1. The number of hydrogen-bond donors (Lipinski definition) is 4. The molecule has 4 N–H and O–H groups in total. The Morgan fingerprint density at radius 2 is 1.06 bits per heavy atom. The fourth-order valence-corrected chi connectivity index (χ4v) is 10.0. The molecule has 0 spiro atoms. The van der Waals surface area contributed by atoms with E-state index in [0.29, 0.717) is 75.9 Å². The van der Waals surface area contributed by atoms with E-state index in [1.807, 2.05) is 6.92 Å². The van der Waals surface area contributed by atoms with Crippen LogP contribution in [-0.4, -0.2) is 105 Å². The van der Waals surface area contributed by atoms with Gasteiger partial charge >= 0.3 is 48.9 Å². The Balaban J connectivity index is 0.000000246. The molecule has 1 amide bonds. The first-order chi connectivity index (χ1) is 36.3. The van der Waals surface area contributed by atoms with Crippen molar-refractivity contribution < 1.29 is 55.5 Å². The van der Waals surface area contributed by atoms with E-state index in [4.69, 9.17) is 32.7 Å². The number of aromatic hydroxyl groups is 1. The second-order valence-corrected chi connectivity index (χ2v) is 19.8. The summed E-state index contributed by atoms with van der Waals surface area (Å²) in [4.78, 5) is 16.3. The van der Waals surface area contributed by atoms with Gasteiger partial charge in [-0.05, 0) is 121 Å². The standard InChI is InChI=1S/2C27H24ClN3O6S.Ba/c2*1-3-16-13-18(15-23(24(16)28)38(34,35)36)30-31-25-19-10-6-5-9-17(19)14-20(26(25)32)27(33)29-21-11-7-8-12-22(21)37-4-2;/h2*5-15,32H,3-4H2,1-2H3,(H,29,33)(H,34,35,36);/q;;+2/p-2. The van der Waals surface area contributed by atoms with Crippen LogP contribution in [-0.2, 0) is 33.1 Å². The molecule has 0 radical (unpaired) electrons. The summed E-state index contributed by atoms with van der Waals surface area (Å²) in [5.41, 5.74) is 1.32. The van der Waals surface area contributed by atoms with Crippen molar-refractivity contribution in [3.63, 3.8) is 0 Å². The van der Waals surface area contributed by atoms with Gasteiger partial charge < -0.3 is 30.1 Å². The van der Waals surface area contributed by atoms with E-state index in [1.54, 1.807) is 118 Å². The number of aliphatic imine (C=N–C) groups is 1. The fraction of sp³-hybridized carbons (Fsp3) is 0.148. The summed E-state index contributed by atoms with van der Waals surface area (Å²) in [6, 6.07) is 35.6. The molecule has 0 saturated carbocycles. The van der Waals surface area contributed by atoms with Gasteiger partial charge in [-0.2, -0.15) is 32.2 Å². The van der Waals surface area contributed by atoms with Gasteiger partial charge in [0.25, 0.3) is 26.1 Å². The monoisotopic (exact) mass is 1240 g/mol. The first-order valence-corrected chi connectivity index (χ1v) is 26.8. The van der Waals surface area contributed by atoms with Crippen LogP contribution in [0.3, 0.4) is 0 Å². The van der Waals surface area contributed by atoms with Gasteiger partial charge in [0.15, 0.2) is 5.75 Å². The van der Waals surface area contributed by atoms with Gasteiger partial charge in [0, 0.05) is 10.8 Å². The molecule has 0 bridgehead atoms. The van der Waals surface area contributed by atoms with E-state index in [9.17, 15) is 46.1 Å². The van der Waals surface area contributed by atoms with Gasteiger partial charge in [-0.15, -0.1) is 5.11 Å². The number of aryl methyl sites for hydroxylation is 2. The maximum atomic E-state index is 13.4. The van der Waals surface area contributed by atoms with Gasteiger partial charge in [0.1, 0.15) is 32.7 Å². The molecule has 0 heterocycles. The molecule has 8 rings (SSSR count). The van der Waals surface area contributed by atoms with Crippen LogP contribution in [0, 0.1) is 0 Å². The molecule has 8 aromatic rings. The maximum Gasteiger partial charge on any atom is 2.00 e. The number of benzene rings is 8. The molecule has 392 valence electrons. The summed E-state index contributed by atoms with van der Waals surface area (Å²) < 4.78 is 77.5. The first kappa shape index (κ1) is 59.8. The molecular formula is C54H46BaCl2N6O12S2. The number of halogens is 2. The minimum Gasteiger partial charge on any atom is -0.871 e. The number of amides is 1. The number of fused-ring (bicyclic) bond motifs is 2. The van der Waals surface area contributed by atoms with Crippen molar-refractivity contribution in [2.24, 2.45) is 25.4 Å². The number of carbonyl (C=O) groups excluding carboxylic acids is 1. The average Bonchev–Trinajstić information content (AvgIpc) is 3.39. The molecule has 0 atom stereocenters. The van der Waals surface area contributed by atoms with E-state index < -0.39 is 53.3 Å². The summed E-state index contributed by atoms with van der Waals surface area (Å²) in [7, 11) is -9.25. The molecule has 0 aliphatic carbocycles. The van der Waals surface area contributed by atoms with Gasteiger partial charge in [0.05, 0.1) is 51.6 Å². The van der Waals surface area contributed by atoms with E-state index in [2.05, 4.69) is 30.8 Å². The van der Waals surface area contributed by atoms with Gasteiger partial charge in [-0.25, -0.2) is 0 Å². The SMILES string of the molecule is CCOc1ccccc1N=C([O-])c1cc2ccccc2c(N=Nc2cc(CC)c(Cl)c(S(=O)(=O)O)c2)c1[O-].CCOc1ccccc1NC(=O)c1cc2ccccc2c(N=Nc2cc(CC)c(Cl)c(S(=O)(=O)O)c2)c1O.[Ba+2]. The zero-order valence-electron chi connectivity index (χ0n) is 41.6. The van der Waals surface area contributed by atoms with Crippen molar-refractivity contribution in [2.45, 2.75) is 50.3 Å². The van der Waals surface area contributed by atoms with Crippen LogP contribution < -0.4 is 25.0 Å². The number of para-hydroxylation sites is 4. The number of ether oxygens (including phenoxy) is 2. The second-order valence-electron chi connectivity index (χ2n) is 16.3. The van der Waals surface area contributed by atoms with Crippen molar-refractivity contribution in [2.75, 3.05) is 18.5 Å². The predicted molar refractivity (Wildman–Crippen MR) is 294 cm³/mol. The Morgan fingerprint density at radius 3 is 1.60 bits per heavy atom. The predicted octanol–water partition coefficient (Wildman–Crippen LogP) is 12.3. The third-order valence-corrected chi connectivity index (χ3v) is 14.2. The summed E-state index contributed by atoms with van der Waals surface area (Å²) in [6.45, 7) is 7.93. The molecule has 0 saturated heterocycles. The van der Waals surface area contributed by atoms with Crippen molar-refractivity contribution >= 4 is 160 Å². The Labute approximate surface area is 493 Å². The summed E-state index contributed by atoms with van der Waals surface area (Å²) in [6.07, 6.45) is 0.729. The number of phenolic OH excluding ortho intramolecular Hbond substituents is 1. The van der Waals surface area contributed by atoms with Crippen LogP contribution in [0.25, 0.3) is 21.5 Å². The molecule has 0 aromatic heterocycles. The minimum atomic E-state index is -4.63. The molecular weight excluding hydrogens is 1200 g/mol. The molecule has 8 aromatic carbocycles. The third kappa shape index (κ3) is 14.2. The van der Waals surface area contributed by atoms with E-state index >= 15 is 0 Å². The number of rotatable bonds is 16. The van der Waals surface area contributed by atoms with E-state index in [-0.39, 0.29) is 98.5 Å². The quantitative estimate of drug-likeness (QED) is 0.0231. The Morgan fingerprint density at radius 1 is 0.610 bits per heavy atom. The molecule has 0 aliphatic rings. The number of nitrogens with zero attached hydrogens (tertiary/aromatic N) is 5. The van der Waals surface area contributed by atoms with Gasteiger partial charge in [0.2, 0.25) is 0 Å². The first-order valence-electron chi connectivity index (χ1n) is 23.2. The smallest absolute Gasteiger partial charge is 0.871 e. The molecule has 0 fully saturated rings. The number of anilines is 1. The molecule has 0 aliphatic heterocycles. The molecule has 23 heteroatoms. The fourth-order valence-electron chi connectivity index (χ4n) is 7.70. The zero-order valence-corrected chi connectivity index (χ0v) is 49.1. The largest absolute Gasteiger partial charge is 2.00 e. The minimum absolute atomic E-state index is 0. The van der Waals surface area contributed by atoms with Crippen LogP contribution in [0.15, 0.2) is 169 Å². The van der Waals surface area contributed by atoms with Crippen molar-refractivity contribution in [1.82, 2.24) is 0 Å². The number of hydrogen-bond acceptors (Lipinski definition) is 15. The second kappa shape index (κ2) is 26.3. The Kier molecular flexibility index (Phi) is 20.4. The summed E-state index contributed by atoms with van der Waals surface area (Å²) in [5.74, 6) is -1.61. The van der Waals surface area contributed by atoms with Crippen molar-refractivity contribution in [3.8, 4) is 23.0 Å². The van der Waals surface area contributed by atoms with Crippen LogP contribution >= 0.6 is 23.2 Å². The number of phenols is 1. The van der Waals surface area contributed by atoms with Crippen LogP contribution in [0.4, 0.5) is 34.1 Å². The Hall–Kier alpha value is -6.41. The molecule has 77 heavy (non-hydrogen) atoms. The average molecular weight is 1240 g/mol. The van der Waals surface area contributed by atoms with Crippen LogP contribution in [0.1, 0.15) is 54.7 Å². The number of carbonyl (C=O) groups is 1. The topological polar surface area (TPSA) is 284 Å². The van der Waals surface area contributed by atoms with Crippen LogP contribution in [0.2, 0.25) is 10.0 Å². The maximum absolute atomic E-state index is 13.4. The van der Waals surface area contributed by atoms with E-state index in [0.717, 1.165) is 12.1 Å². The van der Waals surface area contributed by atoms with Crippen LogP contribution in [0.5, 0.6) is 23.0 Å². The molecule has 18 nitrogen and oxygen atoms in total. The summed E-state index contributed by atoms with van der Waals surface area (Å²) in [5, 5.41) is 58.8. The van der Waals surface area contributed by atoms with Gasteiger partial charge in [-0.1, -0.05) is 116 Å².